The van der Waals surface area contributed by atoms with E-state index in [4.69, 9.17) is 0 Å². The number of halogens is 4. The molecule has 4 nitrogen and oxygen atoms in total. The van der Waals surface area contributed by atoms with E-state index in [0.29, 0.717) is 17.0 Å². The Balaban J connectivity index is 2.54. The first kappa shape index (κ1) is 16.3. The Kier molecular flexibility index (Phi) is 3.67. The third kappa shape index (κ3) is 2.32. The van der Waals surface area contributed by atoms with Gasteiger partial charge in [-0.15, -0.1) is 0 Å². The molecule has 0 aromatic heterocycles. The summed E-state index contributed by atoms with van der Waals surface area (Å²) >= 11 is 0. The number of hydrogen-bond acceptors (Lipinski definition) is 2. The Morgan fingerprint density at radius 1 is 1.18 bits per heavy atom. The summed E-state index contributed by atoms with van der Waals surface area (Å²) in [7, 11) is 0. The van der Waals surface area contributed by atoms with E-state index in [1.807, 2.05) is 0 Å². The van der Waals surface area contributed by atoms with Crippen LogP contribution in [-0.2, 0) is 11.0 Å². The summed E-state index contributed by atoms with van der Waals surface area (Å²) < 4.78 is 51.6. The van der Waals surface area contributed by atoms with E-state index in [1.54, 1.807) is 6.92 Å². The van der Waals surface area contributed by atoms with Gasteiger partial charge in [0, 0.05) is 6.54 Å². The van der Waals surface area contributed by atoms with E-state index in [2.05, 4.69) is 0 Å². The molecular formula is C14H14F4N2O2. The van der Waals surface area contributed by atoms with Crippen molar-refractivity contribution in [3.8, 4) is 0 Å². The van der Waals surface area contributed by atoms with Crippen LogP contribution in [0.2, 0.25) is 0 Å². The number of carbonyl (C=O) groups is 2. The molecule has 0 bridgehead atoms. The molecule has 1 aromatic carbocycles. The van der Waals surface area contributed by atoms with Gasteiger partial charge in [0.2, 0.25) is 0 Å². The lowest BCUT2D eigenvalue weighted by Crippen LogP contribution is -2.43. The molecule has 0 radical (unpaired) electrons. The van der Waals surface area contributed by atoms with Crippen LogP contribution in [0.15, 0.2) is 18.2 Å². The van der Waals surface area contributed by atoms with E-state index in [9.17, 15) is 27.2 Å². The lowest BCUT2D eigenvalue weighted by atomic mass is 10.0. The summed E-state index contributed by atoms with van der Waals surface area (Å²) in [6.45, 7) is 4.89. The maximum atomic E-state index is 13.3. The van der Waals surface area contributed by atoms with Crippen LogP contribution >= 0.6 is 0 Å². The molecule has 1 aromatic rings. The van der Waals surface area contributed by atoms with Crippen LogP contribution in [0.3, 0.4) is 0 Å². The van der Waals surface area contributed by atoms with Crippen molar-refractivity contribution in [1.29, 1.82) is 0 Å². The molecule has 1 fully saturated rings. The van der Waals surface area contributed by atoms with Gasteiger partial charge >= 0.3 is 12.2 Å². The molecule has 0 aliphatic carbocycles. The van der Waals surface area contributed by atoms with Gasteiger partial charge in [-0.25, -0.2) is 14.1 Å². The van der Waals surface area contributed by atoms with Crippen LogP contribution in [0.25, 0.3) is 0 Å². The average molecular weight is 318 g/mol. The summed E-state index contributed by atoms with van der Waals surface area (Å²) in [5.74, 6) is -2.11. The monoisotopic (exact) mass is 318 g/mol. The van der Waals surface area contributed by atoms with Gasteiger partial charge < -0.3 is 4.90 Å². The Labute approximate surface area is 124 Å². The zero-order chi connectivity index (χ0) is 16.9. The van der Waals surface area contributed by atoms with E-state index in [1.165, 1.54) is 18.7 Å². The zero-order valence-electron chi connectivity index (χ0n) is 12.2. The number of imide groups is 1. The largest absolute Gasteiger partial charge is 0.419 e. The number of amides is 3. The van der Waals surface area contributed by atoms with Crippen LogP contribution in [0.1, 0.15) is 26.3 Å². The van der Waals surface area contributed by atoms with E-state index >= 15 is 0 Å². The van der Waals surface area contributed by atoms with Crippen molar-refractivity contribution in [2.24, 2.45) is 0 Å². The predicted molar refractivity (Wildman–Crippen MR) is 70.7 cm³/mol. The topological polar surface area (TPSA) is 40.6 Å². The van der Waals surface area contributed by atoms with E-state index in [0.717, 1.165) is 6.07 Å². The Hall–Kier alpha value is -2.12. The van der Waals surface area contributed by atoms with Crippen LogP contribution in [0, 0.1) is 5.82 Å². The van der Waals surface area contributed by atoms with Crippen molar-refractivity contribution in [2.45, 2.75) is 32.5 Å². The Bertz CT molecular complexity index is 640. The first-order valence-electron chi connectivity index (χ1n) is 6.54. The van der Waals surface area contributed by atoms with Crippen LogP contribution in [0.5, 0.6) is 0 Å². The molecule has 8 heteroatoms. The van der Waals surface area contributed by atoms with Gasteiger partial charge in [0.15, 0.2) is 0 Å². The summed E-state index contributed by atoms with van der Waals surface area (Å²) in [4.78, 5) is 26.5. The molecule has 0 spiro atoms. The van der Waals surface area contributed by atoms with Gasteiger partial charge in [-0.1, -0.05) is 0 Å². The first-order valence-corrected chi connectivity index (χ1v) is 6.54. The molecule has 0 unspecified atom stereocenters. The molecule has 1 aliphatic heterocycles. The van der Waals surface area contributed by atoms with Crippen molar-refractivity contribution in [3.05, 3.63) is 29.6 Å². The number of alkyl halides is 3. The third-order valence-corrected chi connectivity index (χ3v) is 3.65. The summed E-state index contributed by atoms with van der Waals surface area (Å²) in [5, 5.41) is 0. The van der Waals surface area contributed by atoms with E-state index < -0.39 is 35.0 Å². The van der Waals surface area contributed by atoms with Gasteiger partial charge in [0.05, 0.1) is 11.3 Å². The lowest BCUT2D eigenvalue weighted by Gasteiger charge is -2.25. The summed E-state index contributed by atoms with van der Waals surface area (Å²) in [6.07, 6.45) is -4.91. The molecule has 1 saturated heterocycles. The number of benzene rings is 1. The highest BCUT2D eigenvalue weighted by Crippen LogP contribution is 2.37. The highest BCUT2D eigenvalue weighted by molar-refractivity contribution is 6.22. The number of hydrogen-bond donors (Lipinski definition) is 0. The van der Waals surface area contributed by atoms with Crippen LogP contribution in [0.4, 0.5) is 28.0 Å². The van der Waals surface area contributed by atoms with Gasteiger partial charge in [0.25, 0.3) is 5.91 Å². The Morgan fingerprint density at radius 2 is 1.77 bits per heavy atom. The number of likely N-dealkylation sites (N-methyl/N-ethyl adjacent to an activating group) is 1. The van der Waals surface area contributed by atoms with Crippen molar-refractivity contribution in [1.82, 2.24) is 4.90 Å². The van der Waals surface area contributed by atoms with Crippen LogP contribution < -0.4 is 4.90 Å². The highest BCUT2D eigenvalue weighted by Gasteiger charge is 2.51. The van der Waals surface area contributed by atoms with Crippen molar-refractivity contribution < 1.29 is 27.2 Å². The minimum atomic E-state index is -4.91. The molecule has 1 aliphatic rings. The van der Waals surface area contributed by atoms with E-state index in [-0.39, 0.29) is 12.2 Å². The minimum Gasteiger partial charge on any atom is -0.310 e. The van der Waals surface area contributed by atoms with Crippen LogP contribution in [-0.4, -0.2) is 28.9 Å². The standard InChI is InChI=1S/C14H14F4N2O2/c1-4-19-12(22)20(11(21)13(19,2)3)8-5-6-10(15)9(7-8)14(16,17)18/h5-7H,4H2,1-3H3. The summed E-state index contributed by atoms with van der Waals surface area (Å²) in [5.41, 5.74) is -2.98. The maximum absolute atomic E-state index is 13.3. The normalized spacial score (nSPS) is 18.3. The number of nitrogens with zero attached hydrogens (tertiary/aromatic N) is 2. The second kappa shape index (κ2) is 4.96. The molecule has 1 heterocycles. The molecule has 22 heavy (non-hydrogen) atoms. The number of carbonyl (C=O) groups excluding carboxylic acids is 2. The second-order valence-electron chi connectivity index (χ2n) is 5.39. The SMILES string of the molecule is CCN1C(=O)N(c2ccc(F)c(C(F)(F)F)c2)C(=O)C1(C)C. The molecule has 120 valence electrons. The smallest absolute Gasteiger partial charge is 0.310 e. The number of rotatable bonds is 2. The van der Waals surface area contributed by atoms with Gasteiger partial charge in [-0.05, 0) is 39.0 Å². The molecule has 2 rings (SSSR count). The van der Waals surface area contributed by atoms with Gasteiger partial charge in [-0.3, -0.25) is 4.79 Å². The first-order chi connectivity index (χ1) is 10.0. The fourth-order valence-corrected chi connectivity index (χ4v) is 2.46. The molecule has 0 atom stereocenters. The number of anilines is 1. The molecule has 0 N–H and O–H groups in total. The average Bonchev–Trinajstić information content (AvgIpc) is 2.56. The maximum Gasteiger partial charge on any atom is 0.419 e. The molecule has 0 saturated carbocycles. The van der Waals surface area contributed by atoms with Gasteiger partial charge in [0.1, 0.15) is 11.4 Å². The number of urea groups is 1. The predicted octanol–water partition coefficient (Wildman–Crippen LogP) is 3.41. The van der Waals surface area contributed by atoms with Gasteiger partial charge in [-0.2, -0.15) is 13.2 Å². The lowest BCUT2D eigenvalue weighted by molar-refractivity contribution is -0.140. The fourth-order valence-electron chi connectivity index (χ4n) is 2.46. The minimum absolute atomic E-state index is 0.224. The summed E-state index contributed by atoms with van der Waals surface area (Å²) in [6, 6.07) is 1.33. The van der Waals surface area contributed by atoms with Crippen molar-refractivity contribution >= 4 is 17.6 Å². The Morgan fingerprint density at radius 3 is 2.23 bits per heavy atom. The van der Waals surface area contributed by atoms with Crippen molar-refractivity contribution in [3.63, 3.8) is 0 Å². The second-order valence-corrected chi connectivity index (χ2v) is 5.39. The molecule has 3 amide bonds. The van der Waals surface area contributed by atoms with Crippen molar-refractivity contribution in [2.75, 3.05) is 11.4 Å². The zero-order valence-corrected chi connectivity index (χ0v) is 12.2. The third-order valence-electron chi connectivity index (χ3n) is 3.65. The fraction of sp³-hybridized carbons (Fsp3) is 0.429. The molecular weight excluding hydrogens is 304 g/mol. The quantitative estimate of drug-likeness (QED) is 0.619. The highest BCUT2D eigenvalue weighted by atomic mass is 19.4.